The first-order valence-electron chi connectivity index (χ1n) is 16.4. The summed E-state index contributed by atoms with van der Waals surface area (Å²) in [7, 11) is 1.26. The van der Waals surface area contributed by atoms with Crippen molar-refractivity contribution in [3.05, 3.63) is 112 Å². The standard InChI is InChI=1S/C38H36BrN3O9S/c1-6-47-29-18-24(13-14-28(29)50-21-32(43)46-5)34-33(37(45)49-8-3)22(4)41-38-42(34)36(44)31(52-38)17-23-15-27(39)35(30(16-23)48-7-2)51-20-26-12-10-9-11-25(26)19-40/h9-18,34H,6-8,20-21H2,1-5H3/b31-17-/t34-/m1/s1. The maximum Gasteiger partial charge on any atom is 0.343 e. The van der Waals surface area contributed by atoms with E-state index in [9.17, 15) is 19.6 Å². The van der Waals surface area contributed by atoms with Gasteiger partial charge in [0.1, 0.15) is 6.61 Å². The molecule has 4 aromatic rings. The van der Waals surface area contributed by atoms with Gasteiger partial charge in [0, 0.05) is 5.56 Å². The minimum Gasteiger partial charge on any atom is -0.490 e. The van der Waals surface area contributed by atoms with Gasteiger partial charge < -0.3 is 28.4 Å². The van der Waals surface area contributed by atoms with Gasteiger partial charge in [-0.2, -0.15) is 5.26 Å². The number of nitriles is 1. The van der Waals surface area contributed by atoms with E-state index in [1.165, 1.54) is 23.0 Å². The third-order valence-corrected chi connectivity index (χ3v) is 9.38. The second-order valence-electron chi connectivity index (χ2n) is 11.1. The molecule has 270 valence electrons. The zero-order valence-electron chi connectivity index (χ0n) is 29.2. The summed E-state index contributed by atoms with van der Waals surface area (Å²) < 4.78 is 36.1. The number of methoxy groups -OCH3 is 1. The van der Waals surface area contributed by atoms with Crippen molar-refractivity contribution in [1.29, 1.82) is 5.26 Å². The Kier molecular flexibility index (Phi) is 12.5. The van der Waals surface area contributed by atoms with Crippen LogP contribution in [0.1, 0.15) is 56.0 Å². The minimum atomic E-state index is -0.913. The minimum absolute atomic E-state index is 0.124. The molecule has 0 amide bonds. The van der Waals surface area contributed by atoms with Crippen LogP contribution in [0.2, 0.25) is 0 Å². The van der Waals surface area contributed by atoms with E-state index in [0.29, 0.717) is 65.8 Å². The van der Waals surface area contributed by atoms with E-state index in [4.69, 9.17) is 28.4 Å². The van der Waals surface area contributed by atoms with Gasteiger partial charge in [0.2, 0.25) is 0 Å². The van der Waals surface area contributed by atoms with Crippen LogP contribution in [0.3, 0.4) is 0 Å². The number of aromatic nitrogens is 1. The number of fused-ring (bicyclic) bond motifs is 1. The van der Waals surface area contributed by atoms with Crippen LogP contribution in [-0.4, -0.2) is 50.0 Å². The third kappa shape index (κ3) is 8.22. The average Bonchev–Trinajstić information content (AvgIpc) is 3.43. The van der Waals surface area contributed by atoms with Crippen molar-refractivity contribution in [2.75, 3.05) is 33.5 Å². The number of halogens is 1. The first-order chi connectivity index (χ1) is 25.1. The first kappa shape index (κ1) is 37.9. The number of allylic oxidation sites excluding steroid dienone is 1. The first-order valence-corrected chi connectivity index (χ1v) is 18.0. The van der Waals surface area contributed by atoms with E-state index in [1.807, 2.05) is 19.1 Å². The molecule has 0 saturated carbocycles. The summed E-state index contributed by atoms with van der Waals surface area (Å²) in [4.78, 5) is 44.6. The summed E-state index contributed by atoms with van der Waals surface area (Å²) in [5.41, 5.74) is 2.66. The van der Waals surface area contributed by atoms with Crippen LogP contribution in [0.4, 0.5) is 0 Å². The number of rotatable bonds is 14. The number of benzene rings is 3. The molecule has 1 aromatic heterocycles. The molecule has 5 rings (SSSR count). The Hall–Kier alpha value is -5.39. The molecule has 0 aliphatic carbocycles. The van der Waals surface area contributed by atoms with Crippen molar-refractivity contribution in [3.8, 4) is 29.1 Å². The molecule has 0 radical (unpaired) electrons. The van der Waals surface area contributed by atoms with Crippen molar-refractivity contribution in [1.82, 2.24) is 4.57 Å². The van der Waals surface area contributed by atoms with Crippen LogP contribution in [0.15, 0.2) is 80.1 Å². The summed E-state index contributed by atoms with van der Waals surface area (Å²) in [6, 6.07) is 17.0. The number of thiazole rings is 1. The summed E-state index contributed by atoms with van der Waals surface area (Å²) in [6.45, 7) is 7.64. The molecule has 1 atom stereocenters. The predicted octanol–water partition coefficient (Wildman–Crippen LogP) is 5.36. The maximum absolute atomic E-state index is 14.3. The lowest BCUT2D eigenvalue weighted by molar-refractivity contribution is -0.143. The zero-order valence-corrected chi connectivity index (χ0v) is 31.6. The van der Waals surface area contributed by atoms with Crippen LogP contribution in [0.25, 0.3) is 6.08 Å². The fourth-order valence-corrected chi connectivity index (χ4v) is 7.14. The molecule has 52 heavy (non-hydrogen) atoms. The Labute approximate surface area is 312 Å². The lowest BCUT2D eigenvalue weighted by Crippen LogP contribution is -2.40. The van der Waals surface area contributed by atoms with E-state index in [2.05, 4.69) is 27.0 Å². The van der Waals surface area contributed by atoms with Gasteiger partial charge in [0.15, 0.2) is 34.4 Å². The van der Waals surface area contributed by atoms with Crippen LogP contribution >= 0.6 is 27.3 Å². The molecule has 0 bridgehead atoms. The number of carbonyl (C=O) groups is 2. The Balaban J connectivity index is 1.60. The second-order valence-corrected chi connectivity index (χ2v) is 13.0. The number of esters is 2. The van der Waals surface area contributed by atoms with Crippen LogP contribution in [0, 0.1) is 11.3 Å². The number of hydrogen-bond donors (Lipinski definition) is 0. The number of carbonyl (C=O) groups excluding carboxylic acids is 2. The SMILES string of the molecule is CCOC(=O)C1=C(C)N=c2s/c(=C\c3cc(Br)c(OCc4ccccc4C#N)c(OCC)c3)c(=O)n2[C@@H]1c1ccc(OCC(=O)OC)c(OCC)c1. The molecule has 0 unspecified atom stereocenters. The zero-order chi connectivity index (χ0) is 37.4. The Morgan fingerprint density at radius 1 is 0.981 bits per heavy atom. The third-order valence-electron chi connectivity index (χ3n) is 7.81. The summed E-state index contributed by atoms with van der Waals surface area (Å²) in [6.07, 6.45) is 1.72. The van der Waals surface area contributed by atoms with Gasteiger partial charge in [-0.05, 0) is 91.2 Å². The summed E-state index contributed by atoms with van der Waals surface area (Å²) >= 11 is 4.78. The van der Waals surface area contributed by atoms with Gasteiger partial charge in [-0.3, -0.25) is 9.36 Å². The molecule has 14 heteroatoms. The molecule has 0 spiro atoms. The Morgan fingerprint density at radius 3 is 2.44 bits per heavy atom. The molecule has 0 N–H and O–H groups in total. The monoisotopic (exact) mass is 789 g/mol. The molecular formula is C38H36BrN3O9S. The van der Waals surface area contributed by atoms with Crippen molar-refractivity contribution in [2.45, 2.75) is 40.3 Å². The molecule has 12 nitrogen and oxygen atoms in total. The topological polar surface area (TPSA) is 148 Å². The van der Waals surface area contributed by atoms with E-state index >= 15 is 0 Å². The Morgan fingerprint density at radius 2 is 1.73 bits per heavy atom. The van der Waals surface area contributed by atoms with Gasteiger partial charge >= 0.3 is 11.9 Å². The highest BCUT2D eigenvalue weighted by atomic mass is 79.9. The van der Waals surface area contributed by atoms with Crippen molar-refractivity contribution in [3.63, 3.8) is 0 Å². The second kappa shape index (κ2) is 17.2. The van der Waals surface area contributed by atoms with Crippen LogP contribution < -0.4 is 33.8 Å². The van der Waals surface area contributed by atoms with Gasteiger partial charge in [-0.15, -0.1) is 0 Å². The highest BCUT2D eigenvalue weighted by Crippen LogP contribution is 2.39. The highest BCUT2D eigenvalue weighted by Gasteiger charge is 2.34. The highest BCUT2D eigenvalue weighted by molar-refractivity contribution is 9.10. The van der Waals surface area contributed by atoms with E-state index < -0.39 is 18.0 Å². The predicted molar refractivity (Wildman–Crippen MR) is 196 cm³/mol. The van der Waals surface area contributed by atoms with E-state index in [1.54, 1.807) is 69.3 Å². The van der Waals surface area contributed by atoms with Gasteiger partial charge in [-0.25, -0.2) is 14.6 Å². The lowest BCUT2D eigenvalue weighted by atomic mass is 9.95. The molecule has 2 heterocycles. The fraction of sp³-hybridized carbons (Fsp3) is 0.289. The van der Waals surface area contributed by atoms with E-state index in [0.717, 1.165) is 5.56 Å². The van der Waals surface area contributed by atoms with Gasteiger partial charge in [-0.1, -0.05) is 35.6 Å². The molecular weight excluding hydrogens is 754 g/mol. The summed E-state index contributed by atoms with van der Waals surface area (Å²) in [5, 5.41) is 9.49. The molecule has 1 aliphatic heterocycles. The van der Waals surface area contributed by atoms with Crippen LogP contribution in [0.5, 0.6) is 23.0 Å². The number of hydrogen-bond acceptors (Lipinski definition) is 12. The lowest BCUT2D eigenvalue weighted by Gasteiger charge is -2.25. The normalized spacial score (nSPS) is 13.8. The largest absolute Gasteiger partial charge is 0.490 e. The van der Waals surface area contributed by atoms with Gasteiger partial charge in [0.25, 0.3) is 5.56 Å². The average molecular weight is 791 g/mol. The van der Waals surface area contributed by atoms with Crippen LogP contribution in [-0.2, 0) is 25.7 Å². The number of ether oxygens (including phenoxy) is 6. The van der Waals surface area contributed by atoms with Crippen molar-refractivity contribution in [2.24, 2.45) is 4.99 Å². The van der Waals surface area contributed by atoms with Gasteiger partial charge in [0.05, 0.1) is 64.9 Å². The number of nitrogens with zero attached hydrogens (tertiary/aromatic N) is 3. The maximum atomic E-state index is 14.3. The molecule has 3 aromatic carbocycles. The summed E-state index contributed by atoms with van der Waals surface area (Å²) in [5.74, 6) is 0.333. The Bertz CT molecular complexity index is 2250. The molecule has 1 aliphatic rings. The van der Waals surface area contributed by atoms with Crippen molar-refractivity contribution < 1.29 is 38.0 Å². The van der Waals surface area contributed by atoms with E-state index in [-0.39, 0.29) is 37.6 Å². The fourth-order valence-electron chi connectivity index (χ4n) is 5.52. The molecule has 0 saturated heterocycles. The smallest absolute Gasteiger partial charge is 0.343 e. The molecule has 0 fully saturated rings. The quantitative estimate of drug-likeness (QED) is 0.153. The van der Waals surface area contributed by atoms with Crippen molar-refractivity contribution >= 4 is 45.3 Å².